The number of carbonyl (C=O) groups is 1. The molecule has 1 amide bonds. The van der Waals surface area contributed by atoms with E-state index >= 15 is 0 Å². The van der Waals surface area contributed by atoms with Gasteiger partial charge in [0.1, 0.15) is 5.82 Å². The molecule has 0 heterocycles. The number of anilines is 2. The Labute approximate surface area is 125 Å². The molecule has 0 radical (unpaired) electrons. The Balaban J connectivity index is 2.21. The smallest absolute Gasteiger partial charge is 0.257 e. The summed E-state index contributed by atoms with van der Waals surface area (Å²) in [6, 6.07) is 11.7. The Hall–Kier alpha value is -1.88. The molecule has 2 rings (SSSR count). The minimum Gasteiger partial charge on any atom is -0.385 e. The first-order valence-corrected chi connectivity index (χ1v) is 7.00. The van der Waals surface area contributed by atoms with Gasteiger partial charge in [-0.05, 0) is 53.2 Å². The van der Waals surface area contributed by atoms with Gasteiger partial charge in [0.05, 0.1) is 10.0 Å². The average molecular weight is 337 g/mol. The van der Waals surface area contributed by atoms with E-state index in [0.29, 0.717) is 15.7 Å². The molecule has 0 aliphatic heterocycles. The molecule has 3 nitrogen and oxygen atoms in total. The molecule has 20 heavy (non-hydrogen) atoms. The Morgan fingerprint density at radius 2 is 2.00 bits per heavy atom. The van der Waals surface area contributed by atoms with E-state index < -0.39 is 5.82 Å². The predicted molar refractivity (Wildman–Crippen MR) is 82.7 cm³/mol. The number of benzene rings is 2. The van der Waals surface area contributed by atoms with Crippen LogP contribution in [0.3, 0.4) is 0 Å². The largest absolute Gasteiger partial charge is 0.385 e. The van der Waals surface area contributed by atoms with Crippen LogP contribution in [0.4, 0.5) is 15.8 Å². The van der Waals surface area contributed by atoms with Gasteiger partial charge in [-0.1, -0.05) is 12.1 Å². The van der Waals surface area contributed by atoms with Gasteiger partial charge in [-0.2, -0.15) is 0 Å². The molecule has 0 saturated carbocycles. The number of para-hydroxylation sites is 1. The second-order valence-corrected chi connectivity index (χ2v) is 5.01. The van der Waals surface area contributed by atoms with E-state index in [1.807, 2.05) is 19.1 Å². The van der Waals surface area contributed by atoms with Crippen LogP contribution in [0.25, 0.3) is 0 Å². The van der Waals surface area contributed by atoms with Crippen molar-refractivity contribution in [3.8, 4) is 0 Å². The van der Waals surface area contributed by atoms with Gasteiger partial charge < -0.3 is 10.6 Å². The van der Waals surface area contributed by atoms with Crippen LogP contribution >= 0.6 is 15.9 Å². The van der Waals surface area contributed by atoms with Crippen molar-refractivity contribution in [2.75, 3.05) is 17.2 Å². The monoisotopic (exact) mass is 336 g/mol. The summed E-state index contributed by atoms with van der Waals surface area (Å²) in [5.41, 5.74) is 1.70. The molecule has 0 spiro atoms. The summed E-state index contributed by atoms with van der Waals surface area (Å²) in [6.07, 6.45) is 0. The van der Waals surface area contributed by atoms with Gasteiger partial charge in [-0.15, -0.1) is 0 Å². The maximum Gasteiger partial charge on any atom is 0.257 e. The number of carbonyl (C=O) groups excluding carboxylic acids is 1. The Morgan fingerprint density at radius 3 is 2.70 bits per heavy atom. The van der Waals surface area contributed by atoms with Gasteiger partial charge in [0.2, 0.25) is 0 Å². The number of rotatable bonds is 4. The molecule has 0 atom stereocenters. The normalized spacial score (nSPS) is 10.2. The Kier molecular flexibility index (Phi) is 4.74. The number of halogens is 2. The number of amides is 1. The third kappa shape index (κ3) is 3.36. The molecule has 2 aromatic rings. The number of hydrogen-bond donors (Lipinski definition) is 2. The van der Waals surface area contributed by atoms with Crippen LogP contribution in [0.15, 0.2) is 46.9 Å². The van der Waals surface area contributed by atoms with Gasteiger partial charge in [0.15, 0.2) is 0 Å². The molecule has 0 aromatic heterocycles. The van der Waals surface area contributed by atoms with Crippen molar-refractivity contribution in [1.29, 1.82) is 0 Å². The summed E-state index contributed by atoms with van der Waals surface area (Å²) in [6.45, 7) is 2.68. The third-order valence-electron chi connectivity index (χ3n) is 2.72. The van der Waals surface area contributed by atoms with Crippen molar-refractivity contribution in [2.24, 2.45) is 0 Å². The van der Waals surface area contributed by atoms with E-state index in [1.165, 1.54) is 6.07 Å². The lowest BCUT2D eigenvalue weighted by Crippen LogP contribution is -2.14. The van der Waals surface area contributed by atoms with Crippen LogP contribution in [-0.2, 0) is 0 Å². The zero-order valence-electron chi connectivity index (χ0n) is 10.9. The van der Waals surface area contributed by atoms with Gasteiger partial charge in [0, 0.05) is 17.9 Å². The molecule has 2 N–H and O–H groups in total. The highest BCUT2D eigenvalue weighted by Gasteiger charge is 2.11. The summed E-state index contributed by atoms with van der Waals surface area (Å²) in [5.74, 6) is -0.689. The van der Waals surface area contributed by atoms with Crippen LogP contribution in [0, 0.1) is 5.82 Å². The van der Waals surface area contributed by atoms with Crippen molar-refractivity contribution >= 4 is 33.2 Å². The van der Waals surface area contributed by atoms with Gasteiger partial charge in [-0.3, -0.25) is 4.79 Å². The summed E-state index contributed by atoms with van der Waals surface area (Å²) in [4.78, 5) is 12.2. The van der Waals surface area contributed by atoms with Crippen LogP contribution in [0.5, 0.6) is 0 Å². The fourth-order valence-corrected chi connectivity index (χ4v) is 2.04. The maximum atomic E-state index is 13.4. The lowest BCUT2D eigenvalue weighted by molar-refractivity contribution is 0.102. The van der Waals surface area contributed by atoms with Crippen LogP contribution in [-0.4, -0.2) is 12.5 Å². The SMILES string of the molecule is CCNc1ccccc1C(=O)Nc1ccc(Br)c(F)c1. The average Bonchev–Trinajstić information content (AvgIpc) is 2.44. The van der Waals surface area contributed by atoms with Crippen molar-refractivity contribution in [1.82, 2.24) is 0 Å². The zero-order chi connectivity index (χ0) is 14.5. The molecule has 0 saturated heterocycles. The number of hydrogen-bond acceptors (Lipinski definition) is 2. The zero-order valence-corrected chi connectivity index (χ0v) is 12.5. The lowest BCUT2D eigenvalue weighted by atomic mass is 10.1. The fourth-order valence-electron chi connectivity index (χ4n) is 1.80. The molecule has 0 unspecified atom stereocenters. The molecule has 0 aliphatic rings. The first-order chi connectivity index (χ1) is 9.61. The Bertz CT molecular complexity index is 631. The minimum atomic E-state index is -0.414. The first kappa shape index (κ1) is 14.5. The second-order valence-electron chi connectivity index (χ2n) is 4.16. The Morgan fingerprint density at radius 1 is 1.25 bits per heavy atom. The predicted octanol–water partition coefficient (Wildman–Crippen LogP) is 4.27. The molecular weight excluding hydrogens is 323 g/mol. The van der Waals surface area contributed by atoms with E-state index in [0.717, 1.165) is 12.2 Å². The number of nitrogens with one attached hydrogen (secondary N) is 2. The first-order valence-electron chi connectivity index (χ1n) is 6.21. The lowest BCUT2D eigenvalue weighted by Gasteiger charge is -2.11. The van der Waals surface area contributed by atoms with Gasteiger partial charge in [-0.25, -0.2) is 4.39 Å². The summed E-state index contributed by atoms with van der Waals surface area (Å²) in [5, 5.41) is 5.81. The van der Waals surface area contributed by atoms with Crippen LogP contribution < -0.4 is 10.6 Å². The standard InChI is InChI=1S/C15H14BrFN2O/c1-2-18-14-6-4-3-5-11(14)15(20)19-10-7-8-12(16)13(17)9-10/h3-9,18H,2H2,1H3,(H,19,20). The molecule has 0 aliphatic carbocycles. The fraction of sp³-hybridized carbons (Fsp3) is 0.133. The molecule has 2 aromatic carbocycles. The summed E-state index contributed by atoms with van der Waals surface area (Å²) >= 11 is 3.07. The van der Waals surface area contributed by atoms with Crippen LogP contribution in [0.2, 0.25) is 0 Å². The quantitative estimate of drug-likeness (QED) is 0.875. The van der Waals surface area contributed by atoms with Gasteiger partial charge in [0.25, 0.3) is 5.91 Å². The highest BCUT2D eigenvalue weighted by Crippen LogP contribution is 2.21. The van der Waals surface area contributed by atoms with E-state index in [-0.39, 0.29) is 5.91 Å². The molecule has 0 bridgehead atoms. The molecule has 5 heteroatoms. The van der Waals surface area contributed by atoms with Crippen LogP contribution in [0.1, 0.15) is 17.3 Å². The van der Waals surface area contributed by atoms with Crippen molar-refractivity contribution in [3.63, 3.8) is 0 Å². The summed E-state index contributed by atoms with van der Waals surface area (Å²) in [7, 11) is 0. The molecule has 0 fully saturated rings. The van der Waals surface area contributed by atoms with Crippen molar-refractivity contribution in [2.45, 2.75) is 6.92 Å². The van der Waals surface area contributed by atoms with E-state index in [2.05, 4.69) is 26.6 Å². The third-order valence-corrected chi connectivity index (χ3v) is 3.36. The van der Waals surface area contributed by atoms with Crippen molar-refractivity contribution in [3.05, 3.63) is 58.3 Å². The van der Waals surface area contributed by atoms with Gasteiger partial charge >= 0.3 is 0 Å². The minimum absolute atomic E-state index is 0.275. The second kappa shape index (κ2) is 6.52. The van der Waals surface area contributed by atoms with Crippen molar-refractivity contribution < 1.29 is 9.18 Å². The topological polar surface area (TPSA) is 41.1 Å². The summed E-state index contributed by atoms with van der Waals surface area (Å²) < 4.78 is 13.8. The van der Waals surface area contributed by atoms with E-state index in [4.69, 9.17) is 0 Å². The van der Waals surface area contributed by atoms with E-state index in [1.54, 1.807) is 24.3 Å². The molecule has 104 valence electrons. The maximum absolute atomic E-state index is 13.4. The highest BCUT2D eigenvalue weighted by molar-refractivity contribution is 9.10. The van der Waals surface area contributed by atoms with E-state index in [9.17, 15) is 9.18 Å². The molecular formula is C15H14BrFN2O. The highest BCUT2D eigenvalue weighted by atomic mass is 79.9.